The first kappa shape index (κ1) is 16.9. The molecule has 27 heavy (non-hydrogen) atoms. The molecule has 2 aliphatic heterocycles. The summed E-state index contributed by atoms with van der Waals surface area (Å²) in [5.74, 6) is -0.477. The summed E-state index contributed by atoms with van der Waals surface area (Å²) in [6.45, 7) is 1.37. The van der Waals surface area contributed by atoms with E-state index in [1.54, 1.807) is 18.2 Å². The number of anilines is 1. The fourth-order valence-corrected chi connectivity index (χ4v) is 2.87. The van der Waals surface area contributed by atoms with Crippen LogP contribution < -0.4 is 14.8 Å². The van der Waals surface area contributed by atoms with Gasteiger partial charge in [0, 0.05) is 24.8 Å². The Hall–Kier alpha value is -3.56. The number of likely N-dealkylation sites (tertiary alicyclic amines) is 1. The van der Waals surface area contributed by atoms with Gasteiger partial charge in [0.25, 0.3) is 5.91 Å². The molecule has 0 unspecified atom stereocenters. The summed E-state index contributed by atoms with van der Waals surface area (Å²) >= 11 is 0. The van der Waals surface area contributed by atoms with Gasteiger partial charge in [-0.3, -0.25) is 19.7 Å². The zero-order valence-corrected chi connectivity index (χ0v) is 14.0. The van der Waals surface area contributed by atoms with Gasteiger partial charge in [-0.25, -0.2) is 0 Å². The minimum absolute atomic E-state index is 0.118. The van der Waals surface area contributed by atoms with Gasteiger partial charge in [0.15, 0.2) is 17.3 Å². The Kier molecular flexibility index (Phi) is 4.15. The Bertz CT molecular complexity index is 917. The molecule has 0 radical (unpaired) electrons. The number of ether oxygens (including phenoxy) is 2. The summed E-state index contributed by atoms with van der Waals surface area (Å²) in [6, 6.07) is 7.51. The zero-order valence-electron chi connectivity index (χ0n) is 14.0. The second kappa shape index (κ2) is 6.63. The molecule has 0 atom stereocenters. The third-order valence-corrected chi connectivity index (χ3v) is 4.33. The molecular weight excluding hydrogens is 358 g/mol. The van der Waals surface area contributed by atoms with Gasteiger partial charge >= 0.3 is 5.88 Å². The Balaban J connectivity index is 1.33. The van der Waals surface area contributed by atoms with Crippen LogP contribution in [-0.2, 0) is 4.79 Å². The normalized spacial score (nSPS) is 15.8. The van der Waals surface area contributed by atoms with E-state index in [1.807, 2.05) is 0 Å². The summed E-state index contributed by atoms with van der Waals surface area (Å²) in [7, 11) is 0. The number of furan rings is 1. The lowest BCUT2D eigenvalue weighted by molar-refractivity contribution is -0.402. The van der Waals surface area contributed by atoms with Crippen molar-refractivity contribution < 1.29 is 28.4 Å². The molecule has 140 valence electrons. The summed E-state index contributed by atoms with van der Waals surface area (Å²) in [6.07, 6.45) is 0. The molecule has 10 nitrogen and oxygen atoms in total. The van der Waals surface area contributed by atoms with Crippen molar-refractivity contribution in [1.29, 1.82) is 0 Å². The van der Waals surface area contributed by atoms with E-state index in [2.05, 4.69) is 5.32 Å². The van der Waals surface area contributed by atoms with E-state index in [-0.39, 0.29) is 30.7 Å². The standard InChI is InChI=1S/C17H15N3O7/c21-16(18-11-1-2-12-14(7-11)26-6-5-25-12)10-8-19(9-10)17(22)13-3-4-15(27-13)20(23)24/h1-4,7,10H,5-6,8-9H2,(H,18,21). The van der Waals surface area contributed by atoms with Crippen LogP contribution >= 0.6 is 0 Å². The lowest BCUT2D eigenvalue weighted by Crippen LogP contribution is -2.54. The number of benzene rings is 1. The largest absolute Gasteiger partial charge is 0.486 e. The summed E-state index contributed by atoms with van der Waals surface area (Å²) in [4.78, 5) is 35.8. The zero-order chi connectivity index (χ0) is 19.0. The minimum atomic E-state index is -0.712. The minimum Gasteiger partial charge on any atom is -0.486 e. The number of nitrogens with zero attached hydrogens (tertiary/aromatic N) is 2. The monoisotopic (exact) mass is 373 g/mol. The molecule has 1 fully saturated rings. The van der Waals surface area contributed by atoms with Crippen molar-refractivity contribution in [2.75, 3.05) is 31.6 Å². The van der Waals surface area contributed by atoms with Crippen LogP contribution in [0.3, 0.4) is 0 Å². The van der Waals surface area contributed by atoms with E-state index < -0.39 is 16.7 Å². The number of amides is 2. The maximum atomic E-state index is 12.3. The third-order valence-electron chi connectivity index (χ3n) is 4.33. The second-order valence-corrected chi connectivity index (χ2v) is 6.15. The van der Waals surface area contributed by atoms with E-state index in [1.165, 1.54) is 11.0 Å². The van der Waals surface area contributed by atoms with Crippen molar-refractivity contribution in [2.45, 2.75) is 0 Å². The van der Waals surface area contributed by atoms with E-state index in [9.17, 15) is 19.7 Å². The van der Waals surface area contributed by atoms with Crippen molar-refractivity contribution in [2.24, 2.45) is 5.92 Å². The van der Waals surface area contributed by atoms with Crippen LogP contribution in [0.4, 0.5) is 11.6 Å². The number of carbonyl (C=O) groups excluding carboxylic acids is 2. The summed E-state index contributed by atoms with van der Waals surface area (Å²) in [5, 5.41) is 13.4. The highest BCUT2D eigenvalue weighted by molar-refractivity contribution is 5.97. The fraction of sp³-hybridized carbons (Fsp3) is 0.294. The van der Waals surface area contributed by atoms with E-state index in [0.29, 0.717) is 30.4 Å². The molecule has 0 saturated carbocycles. The molecule has 0 spiro atoms. The molecule has 3 heterocycles. The molecular formula is C17H15N3O7. The molecule has 1 N–H and O–H groups in total. The molecule has 10 heteroatoms. The highest BCUT2D eigenvalue weighted by Gasteiger charge is 2.37. The smallest absolute Gasteiger partial charge is 0.433 e. The lowest BCUT2D eigenvalue weighted by Gasteiger charge is -2.37. The predicted molar refractivity (Wildman–Crippen MR) is 90.8 cm³/mol. The van der Waals surface area contributed by atoms with Crippen molar-refractivity contribution >= 4 is 23.4 Å². The summed E-state index contributed by atoms with van der Waals surface area (Å²) in [5.41, 5.74) is 0.579. The van der Waals surface area contributed by atoms with Gasteiger partial charge in [0.2, 0.25) is 5.91 Å². The van der Waals surface area contributed by atoms with Gasteiger partial charge < -0.3 is 24.1 Å². The molecule has 2 aromatic rings. The van der Waals surface area contributed by atoms with E-state index in [4.69, 9.17) is 13.9 Å². The Labute approximate surface area is 152 Å². The number of fused-ring (bicyclic) bond motifs is 1. The van der Waals surface area contributed by atoms with Crippen molar-refractivity contribution in [1.82, 2.24) is 4.90 Å². The van der Waals surface area contributed by atoms with Crippen molar-refractivity contribution in [3.05, 3.63) is 46.2 Å². The van der Waals surface area contributed by atoms with Crippen LogP contribution in [0, 0.1) is 16.0 Å². The number of rotatable bonds is 4. The second-order valence-electron chi connectivity index (χ2n) is 6.15. The van der Waals surface area contributed by atoms with Crippen molar-refractivity contribution in [3.8, 4) is 11.5 Å². The van der Waals surface area contributed by atoms with Gasteiger partial charge in [0.1, 0.15) is 18.1 Å². The number of hydrogen-bond donors (Lipinski definition) is 1. The molecule has 2 amide bonds. The van der Waals surface area contributed by atoms with Gasteiger partial charge in [-0.05, 0) is 18.2 Å². The first-order chi connectivity index (χ1) is 13.0. The molecule has 1 aromatic carbocycles. The number of nitrogens with one attached hydrogen (secondary N) is 1. The van der Waals surface area contributed by atoms with Crippen LogP contribution in [0.5, 0.6) is 11.5 Å². The lowest BCUT2D eigenvalue weighted by atomic mass is 9.98. The maximum absolute atomic E-state index is 12.3. The molecule has 0 aliphatic carbocycles. The molecule has 1 saturated heterocycles. The maximum Gasteiger partial charge on any atom is 0.433 e. The average Bonchev–Trinajstić information content (AvgIpc) is 3.10. The van der Waals surface area contributed by atoms with Gasteiger partial charge in [-0.15, -0.1) is 0 Å². The average molecular weight is 373 g/mol. The van der Waals surface area contributed by atoms with Crippen LogP contribution in [-0.4, -0.2) is 47.9 Å². The Morgan fingerprint density at radius 3 is 2.56 bits per heavy atom. The number of carbonyl (C=O) groups is 2. The number of nitro groups is 1. The van der Waals surface area contributed by atoms with Gasteiger partial charge in [-0.2, -0.15) is 0 Å². The Morgan fingerprint density at radius 2 is 1.85 bits per heavy atom. The predicted octanol–water partition coefficient (Wildman–Crippen LogP) is 1.67. The number of hydrogen-bond acceptors (Lipinski definition) is 7. The first-order valence-corrected chi connectivity index (χ1v) is 8.25. The van der Waals surface area contributed by atoms with Crippen LogP contribution in [0.25, 0.3) is 0 Å². The first-order valence-electron chi connectivity index (χ1n) is 8.25. The van der Waals surface area contributed by atoms with E-state index >= 15 is 0 Å². The quantitative estimate of drug-likeness (QED) is 0.638. The summed E-state index contributed by atoms with van der Waals surface area (Å²) < 4.78 is 15.8. The topological polar surface area (TPSA) is 124 Å². The third kappa shape index (κ3) is 3.28. The Morgan fingerprint density at radius 1 is 1.11 bits per heavy atom. The fourth-order valence-electron chi connectivity index (χ4n) is 2.87. The van der Waals surface area contributed by atoms with Crippen molar-refractivity contribution in [3.63, 3.8) is 0 Å². The van der Waals surface area contributed by atoms with E-state index in [0.717, 1.165) is 6.07 Å². The highest BCUT2D eigenvalue weighted by atomic mass is 16.6. The molecule has 1 aromatic heterocycles. The van der Waals surface area contributed by atoms with Crippen LogP contribution in [0.1, 0.15) is 10.6 Å². The molecule has 4 rings (SSSR count). The SMILES string of the molecule is O=C(Nc1ccc2c(c1)OCCO2)C1CN(C(=O)c2ccc([N+](=O)[O-])o2)C1. The highest BCUT2D eigenvalue weighted by Crippen LogP contribution is 2.33. The van der Waals surface area contributed by atoms with Crippen LogP contribution in [0.15, 0.2) is 34.7 Å². The van der Waals surface area contributed by atoms with Gasteiger partial charge in [-0.1, -0.05) is 0 Å². The van der Waals surface area contributed by atoms with Gasteiger partial charge in [0.05, 0.1) is 12.0 Å². The molecule has 2 aliphatic rings. The van der Waals surface area contributed by atoms with Crippen LogP contribution in [0.2, 0.25) is 0 Å². The molecule has 0 bridgehead atoms.